The fraction of sp³-hybridized carbons (Fsp3) is 0.650. The Hall–Kier alpha value is -1.59. The average molecular weight is 468 g/mol. The number of carbonyl (C=O) groups excluding carboxylic acids is 1. The lowest BCUT2D eigenvalue weighted by molar-refractivity contribution is -0.357. The van der Waals surface area contributed by atoms with Gasteiger partial charge in [0.15, 0.2) is 6.61 Å². The normalized spacial score (nSPS) is 27.3. The zero-order valence-corrected chi connectivity index (χ0v) is 17.4. The van der Waals surface area contributed by atoms with Crippen molar-refractivity contribution in [1.82, 2.24) is 5.32 Å². The van der Waals surface area contributed by atoms with Crippen LogP contribution in [0.4, 0.5) is 13.2 Å². The van der Waals surface area contributed by atoms with Gasteiger partial charge in [0.05, 0.1) is 37.6 Å². The molecule has 0 radical (unpaired) electrons. The highest BCUT2D eigenvalue weighted by atomic mass is 35.5. The lowest BCUT2D eigenvalue weighted by Gasteiger charge is -2.37. The van der Waals surface area contributed by atoms with E-state index in [1.165, 1.54) is 0 Å². The molecule has 7 nitrogen and oxygen atoms in total. The summed E-state index contributed by atoms with van der Waals surface area (Å²) in [7, 11) is 0. The van der Waals surface area contributed by atoms with E-state index in [0.29, 0.717) is 23.6 Å². The molecule has 31 heavy (non-hydrogen) atoms. The summed E-state index contributed by atoms with van der Waals surface area (Å²) in [5.74, 6) is 0.247. The van der Waals surface area contributed by atoms with Crippen molar-refractivity contribution < 1.29 is 42.0 Å². The van der Waals surface area contributed by atoms with E-state index in [1.54, 1.807) is 24.3 Å². The SMILES string of the molecule is O=C(COc1ccc(Cl)cc1)N[C@H]1CC[C@H]([C@H](O)COC2CC(OC(F)(F)F)C2)OC1. The van der Waals surface area contributed by atoms with Crippen molar-refractivity contribution in [2.24, 2.45) is 0 Å². The second-order valence-electron chi connectivity index (χ2n) is 7.64. The summed E-state index contributed by atoms with van der Waals surface area (Å²) < 4.78 is 56.7. The number of ether oxygens (including phenoxy) is 4. The van der Waals surface area contributed by atoms with E-state index < -0.39 is 24.7 Å². The highest BCUT2D eigenvalue weighted by Crippen LogP contribution is 2.32. The van der Waals surface area contributed by atoms with Crippen molar-refractivity contribution in [3.8, 4) is 5.75 Å². The molecular weight excluding hydrogens is 443 g/mol. The highest BCUT2D eigenvalue weighted by molar-refractivity contribution is 6.30. The fourth-order valence-electron chi connectivity index (χ4n) is 3.42. The third-order valence-electron chi connectivity index (χ3n) is 5.14. The Balaban J connectivity index is 1.27. The molecule has 3 rings (SSSR count). The van der Waals surface area contributed by atoms with Crippen LogP contribution in [-0.2, 0) is 19.0 Å². The predicted octanol–water partition coefficient (Wildman–Crippen LogP) is 2.83. The van der Waals surface area contributed by atoms with Crippen molar-refractivity contribution in [2.75, 3.05) is 19.8 Å². The summed E-state index contributed by atoms with van der Waals surface area (Å²) in [6, 6.07) is 6.47. The van der Waals surface area contributed by atoms with E-state index >= 15 is 0 Å². The van der Waals surface area contributed by atoms with Gasteiger partial charge in [-0.3, -0.25) is 9.53 Å². The molecule has 2 N–H and O–H groups in total. The number of aliphatic hydroxyl groups is 1. The lowest BCUT2D eigenvalue weighted by Crippen LogP contribution is -2.48. The summed E-state index contributed by atoms with van der Waals surface area (Å²) in [5.41, 5.74) is 0. The molecule has 1 saturated carbocycles. The van der Waals surface area contributed by atoms with Gasteiger partial charge in [-0.1, -0.05) is 11.6 Å². The van der Waals surface area contributed by atoms with Crippen LogP contribution in [0.2, 0.25) is 5.02 Å². The number of benzene rings is 1. The van der Waals surface area contributed by atoms with Gasteiger partial charge in [-0.2, -0.15) is 0 Å². The summed E-state index contributed by atoms with van der Waals surface area (Å²) in [4.78, 5) is 12.0. The molecule has 174 valence electrons. The Kier molecular flexibility index (Phi) is 8.40. The van der Waals surface area contributed by atoms with E-state index in [4.69, 9.17) is 25.8 Å². The number of hydrogen-bond acceptors (Lipinski definition) is 6. The Morgan fingerprint density at radius 3 is 2.55 bits per heavy atom. The van der Waals surface area contributed by atoms with Gasteiger partial charge in [0, 0.05) is 17.9 Å². The number of rotatable bonds is 9. The molecule has 1 heterocycles. The Bertz CT molecular complexity index is 706. The van der Waals surface area contributed by atoms with Gasteiger partial charge in [0.25, 0.3) is 5.91 Å². The summed E-state index contributed by atoms with van der Waals surface area (Å²) in [6.45, 7) is 0.0673. The third-order valence-corrected chi connectivity index (χ3v) is 5.40. The maximum atomic E-state index is 12.1. The topological polar surface area (TPSA) is 86.3 Å². The summed E-state index contributed by atoms with van der Waals surface area (Å²) in [6.07, 6.45) is -5.84. The zero-order valence-electron chi connectivity index (χ0n) is 16.6. The summed E-state index contributed by atoms with van der Waals surface area (Å²) >= 11 is 5.79. The molecule has 11 heteroatoms. The standard InChI is InChI=1S/C20H25ClF3NO6/c21-12-1-4-14(5-2-12)29-11-19(27)25-13-3-6-18(30-9-13)17(26)10-28-15-7-16(8-15)31-20(22,23)24/h1-2,4-5,13,15-18,26H,3,6-11H2,(H,25,27)/t13-,15?,16?,17+,18+/m0/s1. The minimum Gasteiger partial charge on any atom is -0.484 e. The first-order valence-electron chi connectivity index (χ1n) is 10.0. The highest BCUT2D eigenvalue weighted by Gasteiger charge is 2.41. The van der Waals surface area contributed by atoms with Crippen LogP contribution in [0.5, 0.6) is 5.75 Å². The molecule has 1 aliphatic heterocycles. The van der Waals surface area contributed by atoms with Gasteiger partial charge in [0.1, 0.15) is 11.9 Å². The maximum Gasteiger partial charge on any atom is 0.522 e. The number of amides is 1. The van der Waals surface area contributed by atoms with Gasteiger partial charge in [0.2, 0.25) is 0 Å². The van der Waals surface area contributed by atoms with Crippen molar-refractivity contribution in [1.29, 1.82) is 0 Å². The molecule has 0 aromatic heterocycles. The molecule has 2 fully saturated rings. The number of halogens is 4. The van der Waals surface area contributed by atoms with Gasteiger partial charge < -0.3 is 24.6 Å². The maximum absolute atomic E-state index is 12.1. The monoisotopic (exact) mass is 467 g/mol. The summed E-state index contributed by atoms with van der Waals surface area (Å²) in [5, 5.41) is 13.6. The number of aliphatic hydroxyl groups excluding tert-OH is 1. The number of alkyl halides is 3. The molecule has 2 aliphatic rings. The second-order valence-corrected chi connectivity index (χ2v) is 8.07. The van der Waals surface area contributed by atoms with Crippen LogP contribution in [0.25, 0.3) is 0 Å². The Morgan fingerprint density at radius 1 is 1.23 bits per heavy atom. The van der Waals surface area contributed by atoms with E-state index in [1.807, 2.05) is 0 Å². The number of carbonyl (C=O) groups is 1. The van der Waals surface area contributed by atoms with Crippen LogP contribution in [-0.4, -0.2) is 67.7 Å². The van der Waals surface area contributed by atoms with Gasteiger partial charge >= 0.3 is 6.36 Å². The van der Waals surface area contributed by atoms with E-state index in [9.17, 15) is 23.1 Å². The first kappa shape index (κ1) is 24.1. The first-order valence-corrected chi connectivity index (χ1v) is 10.4. The molecule has 3 atom stereocenters. The van der Waals surface area contributed by atoms with Gasteiger partial charge in [-0.15, -0.1) is 13.2 Å². The van der Waals surface area contributed by atoms with Crippen LogP contribution in [0.1, 0.15) is 25.7 Å². The molecule has 0 unspecified atom stereocenters. The van der Waals surface area contributed by atoms with Gasteiger partial charge in [-0.05, 0) is 37.1 Å². The van der Waals surface area contributed by atoms with Crippen LogP contribution < -0.4 is 10.1 Å². The lowest BCUT2D eigenvalue weighted by atomic mass is 9.92. The van der Waals surface area contributed by atoms with Crippen LogP contribution >= 0.6 is 11.6 Å². The Labute approximate surface area is 182 Å². The van der Waals surface area contributed by atoms with Crippen molar-refractivity contribution >= 4 is 17.5 Å². The number of nitrogens with one attached hydrogen (secondary N) is 1. The second kappa shape index (κ2) is 10.8. The van der Waals surface area contributed by atoms with Crippen molar-refractivity contribution in [2.45, 2.75) is 62.5 Å². The minimum atomic E-state index is -4.64. The molecule has 1 aliphatic carbocycles. The molecule has 1 aromatic carbocycles. The molecule has 0 bridgehead atoms. The van der Waals surface area contributed by atoms with Crippen LogP contribution in [0.3, 0.4) is 0 Å². The minimum absolute atomic E-state index is 0.0277. The molecule has 1 aromatic rings. The van der Waals surface area contributed by atoms with Crippen molar-refractivity contribution in [3.05, 3.63) is 29.3 Å². The van der Waals surface area contributed by atoms with Crippen LogP contribution in [0.15, 0.2) is 24.3 Å². The smallest absolute Gasteiger partial charge is 0.484 e. The molecule has 1 saturated heterocycles. The van der Waals surface area contributed by atoms with E-state index in [-0.39, 0.29) is 50.7 Å². The molecule has 0 spiro atoms. The van der Waals surface area contributed by atoms with E-state index in [0.717, 1.165) is 0 Å². The molecule has 1 amide bonds. The quantitative estimate of drug-likeness (QED) is 0.581. The Morgan fingerprint density at radius 2 is 1.94 bits per heavy atom. The number of hydrogen-bond donors (Lipinski definition) is 2. The molecular formula is C20H25ClF3NO6. The van der Waals surface area contributed by atoms with Crippen LogP contribution in [0, 0.1) is 0 Å². The first-order chi connectivity index (χ1) is 14.7. The largest absolute Gasteiger partial charge is 0.522 e. The predicted molar refractivity (Wildman–Crippen MR) is 104 cm³/mol. The zero-order chi connectivity index (χ0) is 22.4. The third kappa shape index (κ3) is 8.12. The van der Waals surface area contributed by atoms with Crippen molar-refractivity contribution in [3.63, 3.8) is 0 Å². The fourth-order valence-corrected chi connectivity index (χ4v) is 3.54. The van der Waals surface area contributed by atoms with E-state index in [2.05, 4.69) is 10.1 Å². The van der Waals surface area contributed by atoms with Gasteiger partial charge in [-0.25, -0.2) is 0 Å². The average Bonchev–Trinajstić information content (AvgIpc) is 2.68.